The van der Waals surface area contributed by atoms with E-state index in [1.165, 1.54) is 28.8 Å². The normalized spacial score (nSPS) is 21.8. The lowest BCUT2D eigenvalue weighted by Gasteiger charge is -2.25. The maximum Gasteiger partial charge on any atom is 0.333 e. The lowest BCUT2D eigenvalue weighted by atomic mass is 9.80. The van der Waals surface area contributed by atoms with Crippen LogP contribution < -0.4 is 10.5 Å². The van der Waals surface area contributed by atoms with Gasteiger partial charge in [-0.05, 0) is 84.7 Å². The van der Waals surface area contributed by atoms with Gasteiger partial charge in [0, 0.05) is 23.2 Å². The van der Waals surface area contributed by atoms with E-state index in [9.17, 15) is 13.2 Å². The summed E-state index contributed by atoms with van der Waals surface area (Å²) in [4.78, 5) is 22.6. The van der Waals surface area contributed by atoms with E-state index >= 15 is 0 Å². The summed E-state index contributed by atoms with van der Waals surface area (Å²) >= 11 is 7.72. The summed E-state index contributed by atoms with van der Waals surface area (Å²) in [5, 5.41) is 11.1. The molecule has 5 rings (SSSR count). The number of ketones is 1. The topological polar surface area (TPSA) is 124 Å². The molecule has 0 amide bonds. The summed E-state index contributed by atoms with van der Waals surface area (Å²) in [6.45, 7) is 0.0556. The molecule has 8 nitrogen and oxygen atoms in total. The number of carbonyl (C=O) groups is 1. The van der Waals surface area contributed by atoms with E-state index in [2.05, 4.69) is 32.8 Å². The largest absolute Gasteiger partial charge is 0.367 e. The molecule has 0 bridgehead atoms. The second kappa shape index (κ2) is 10.5. The number of thiophene rings is 1. The summed E-state index contributed by atoms with van der Waals surface area (Å²) < 4.78 is 26.9. The Hall–Kier alpha value is -2.37. The average Bonchev–Trinajstić information content (AvgIpc) is 3.52. The second-order valence-corrected chi connectivity index (χ2v) is 12.0. The molecule has 0 spiro atoms. The number of benzene rings is 1. The molecule has 1 fully saturated rings. The van der Waals surface area contributed by atoms with Gasteiger partial charge in [0.05, 0.1) is 17.0 Å². The van der Waals surface area contributed by atoms with E-state index in [4.69, 9.17) is 20.9 Å². The highest BCUT2D eigenvalue weighted by Crippen LogP contribution is 2.40. The number of nitrogens with one attached hydrogen (secondary N) is 1. The van der Waals surface area contributed by atoms with E-state index in [0.717, 1.165) is 42.7 Å². The molecule has 190 valence electrons. The zero-order valence-electron chi connectivity index (χ0n) is 19.5. The minimum atomic E-state index is -3.95. The standard InChI is InChI=1S/C25H27ClN4O4S2/c26-18-6-5-16-2-1-3-20(21(16)10-18)17-9-23(35-13-17)24(31)22-11-28-14-29-25(22)30-19-7-4-15(8-19)12-34-36(27,32)33/h5-6,9-11,13-15,19-20H,1-4,7-8,12H2,(H2,27,32,33)(H,28,29,30)/t15-,19+,20?/m1/s1. The molecule has 3 aromatic rings. The highest BCUT2D eigenvalue weighted by molar-refractivity contribution is 7.84. The van der Waals surface area contributed by atoms with Gasteiger partial charge in [-0.3, -0.25) is 8.98 Å². The summed E-state index contributed by atoms with van der Waals surface area (Å²) in [6, 6.07) is 8.13. The van der Waals surface area contributed by atoms with Crippen LogP contribution in [0.4, 0.5) is 5.82 Å². The van der Waals surface area contributed by atoms with Gasteiger partial charge in [0.15, 0.2) is 0 Å². The first-order chi connectivity index (χ1) is 17.3. The molecule has 0 saturated heterocycles. The molecule has 2 aliphatic carbocycles. The van der Waals surface area contributed by atoms with Crippen LogP contribution in [-0.4, -0.2) is 36.8 Å². The van der Waals surface area contributed by atoms with Gasteiger partial charge < -0.3 is 5.32 Å². The van der Waals surface area contributed by atoms with Crippen molar-refractivity contribution in [1.29, 1.82) is 0 Å². The number of fused-ring (bicyclic) bond motifs is 1. The van der Waals surface area contributed by atoms with Gasteiger partial charge in [0.2, 0.25) is 5.78 Å². The minimum absolute atomic E-state index is 0.0444. The smallest absolute Gasteiger partial charge is 0.333 e. The van der Waals surface area contributed by atoms with Crippen LogP contribution in [0.1, 0.15) is 69.9 Å². The quantitative estimate of drug-likeness (QED) is 0.393. The first-order valence-corrected chi connectivity index (χ1v) is 14.6. The van der Waals surface area contributed by atoms with E-state index < -0.39 is 10.3 Å². The van der Waals surface area contributed by atoms with E-state index in [0.29, 0.717) is 22.7 Å². The van der Waals surface area contributed by atoms with Gasteiger partial charge in [-0.25, -0.2) is 15.1 Å². The van der Waals surface area contributed by atoms with Crippen LogP contribution >= 0.6 is 22.9 Å². The van der Waals surface area contributed by atoms with Crippen LogP contribution in [0.5, 0.6) is 0 Å². The molecule has 1 unspecified atom stereocenters. The fourth-order valence-corrected chi connectivity index (χ4v) is 6.73. The van der Waals surface area contributed by atoms with Crippen LogP contribution in [0, 0.1) is 5.92 Å². The highest BCUT2D eigenvalue weighted by Gasteiger charge is 2.29. The molecule has 0 aliphatic heterocycles. The maximum atomic E-state index is 13.5. The fraction of sp³-hybridized carbons (Fsp3) is 0.400. The Kier molecular flexibility index (Phi) is 7.41. The fourth-order valence-electron chi connectivity index (χ4n) is 5.25. The van der Waals surface area contributed by atoms with Gasteiger partial charge >= 0.3 is 10.3 Å². The van der Waals surface area contributed by atoms with E-state index in [1.807, 2.05) is 12.1 Å². The third-order valence-corrected chi connectivity index (χ3v) is 8.62. The zero-order valence-corrected chi connectivity index (χ0v) is 21.9. The number of aryl methyl sites for hydroxylation is 1. The Morgan fingerprint density at radius 2 is 2.11 bits per heavy atom. The van der Waals surface area contributed by atoms with Crippen LogP contribution in [0.25, 0.3) is 0 Å². The number of anilines is 1. The third kappa shape index (κ3) is 5.78. The number of nitrogens with zero attached hydrogens (tertiary/aromatic N) is 2. The summed E-state index contributed by atoms with van der Waals surface area (Å²) in [5.41, 5.74) is 4.12. The average molecular weight is 547 g/mol. The SMILES string of the molecule is NS(=O)(=O)OC[C@@H]1CC[C@H](Nc2ncncc2C(=O)c2cc(C3CCCc4ccc(Cl)cc43)cs2)C1. The Bertz CT molecular complexity index is 1380. The molecule has 11 heteroatoms. The van der Waals surface area contributed by atoms with Gasteiger partial charge in [-0.2, -0.15) is 8.42 Å². The van der Waals surface area contributed by atoms with Crippen molar-refractivity contribution in [3.05, 3.63) is 74.3 Å². The van der Waals surface area contributed by atoms with Crippen molar-refractivity contribution in [2.75, 3.05) is 11.9 Å². The van der Waals surface area contributed by atoms with Crippen molar-refractivity contribution in [2.24, 2.45) is 11.1 Å². The summed E-state index contributed by atoms with van der Waals surface area (Å²) in [6.07, 6.45) is 8.43. The van der Waals surface area contributed by atoms with E-state index in [-0.39, 0.29) is 30.3 Å². The Morgan fingerprint density at radius 3 is 2.94 bits per heavy atom. The van der Waals surface area contributed by atoms with Gasteiger partial charge in [0.1, 0.15) is 12.1 Å². The molecule has 36 heavy (non-hydrogen) atoms. The summed E-state index contributed by atoms with van der Waals surface area (Å²) in [5.74, 6) is 0.653. The predicted octanol–water partition coefficient (Wildman–Crippen LogP) is 4.69. The first kappa shape index (κ1) is 25.3. The molecule has 2 aromatic heterocycles. The minimum Gasteiger partial charge on any atom is -0.367 e. The Labute approximate surface area is 219 Å². The zero-order chi connectivity index (χ0) is 25.3. The molecule has 2 heterocycles. The summed E-state index contributed by atoms with van der Waals surface area (Å²) in [7, 11) is -3.95. The van der Waals surface area contributed by atoms with E-state index in [1.54, 1.807) is 6.20 Å². The molecule has 3 atom stereocenters. The second-order valence-electron chi connectivity index (χ2n) is 9.44. The number of nitrogens with two attached hydrogens (primary N) is 1. The third-order valence-electron chi connectivity index (χ3n) is 6.98. The lowest BCUT2D eigenvalue weighted by Crippen LogP contribution is -2.22. The molecule has 3 N–H and O–H groups in total. The van der Waals surface area contributed by atoms with Gasteiger partial charge in [-0.15, -0.1) is 11.3 Å². The number of rotatable bonds is 8. The number of hydrogen-bond donors (Lipinski definition) is 2. The number of aromatic nitrogens is 2. The van der Waals surface area contributed by atoms with Crippen LogP contribution in [-0.2, 0) is 20.9 Å². The van der Waals surface area contributed by atoms with Gasteiger partial charge in [-0.1, -0.05) is 17.7 Å². The monoisotopic (exact) mass is 546 g/mol. The number of carbonyl (C=O) groups excluding carboxylic acids is 1. The van der Waals surface area contributed by atoms with Crippen LogP contribution in [0.2, 0.25) is 5.02 Å². The van der Waals surface area contributed by atoms with Crippen molar-refractivity contribution in [1.82, 2.24) is 9.97 Å². The molecule has 2 aliphatic rings. The van der Waals surface area contributed by atoms with Crippen LogP contribution in [0.3, 0.4) is 0 Å². The molecule has 0 radical (unpaired) electrons. The first-order valence-electron chi connectivity index (χ1n) is 11.9. The molecule has 1 saturated carbocycles. The molecular formula is C25H27ClN4O4S2. The Balaban J connectivity index is 1.30. The number of hydrogen-bond acceptors (Lipinski definition) is 8. The lowest BCUT2D eigenvalue weighted by molar-refractivity contribution is 0.104. The predicted molar refractivity (Wildman–Crippen MR) is 140 cm³/mol. The van der Waals surface area contributed by atoms with Crippen molar-refractivity contribution >= 4 is 44.8 Å². The van der Waals surface area contributed by atoms with Crippen molar-refractivity contribution < 1.29 is 17.4 Å². The van der Waals surface area contributed by atoms with Gasteiger partial charge in [0.25, 0.3) is 0 Å². The molecule has 1 aromatic carbocycles. The highest BCUT2D eigenvalue weighted by atomic mass is 35.5. The van der Waals surface area contributed by atoms with Crippen molar-refractivity contribution in [3.8, 4) is 0 Å². The Morgan fingerprint density at radius 1 is 1.25 bits per heavy atom. The molecular weight excluding hydrogens is 520 g/mol. The maximum absolute atomic E-state index is 13.5. The number of halogens is 1. The van der Waals surface area contributed by atoms with Crippen molar-refractivity contribution in [3.63, 3.8) is 0 Å². The van der Waals surface area contributed by atoms with Crippen molar-refractivity contribution in [2.45, 2.75) is 50.5 Å². The van der Waals surface area contributed by atoms with Crippen LogP contribution in [0.15, 0.2) is 42.2 Å².